The molecule has 0 radical (unpaired) electrons. The maximum Gasteiger partial charge on any atom is 0.333 e. The molecule has 0 saturated carbocycles. The van der Waals surface area contributed by atoms with Crippen LogP contribution in [0.15, 0.2) is 140 Å². The topological polar surface area (TPSA) is 6.48 Å². The van der Waals surface area contributed by atoms with Crippen molar-refractivity contribution < 1.29 is 0 Å². The summed E-state index contributed by atoms with van der Waals surface area (Å²) >= 11 is 0. The predicted molar refractivity (Wildman–Crippen MR) is 239 cm³/mol. The third kappa shape index (κ3) is 4.46. The van der Waals surface area contributed by atoms with Crippen molar-refractivity contribution in [3.05, 3.63) is 173 Å². The van der Waals surface area contributed by atoms with Crippen LogP contribution in [0.5, 0.6) is 0 Å². The van der Waals surface area contributed by atoms with Crippen LogP contribution >= 0.6 is 0 Å². The average Bonchev–Trinajstić information content (AvgIpc) is 3.44. The van der Waals surface area contributed by atoms with Gasteiger partial charge in [0.2, 0.25) is 0 Å². The summed E-state index contributed by atoms with van der Waals surface area (Å²) in [5.74, 6) is 0. The lowest BCUT2D eigenvalue weighted by Crippen LogP contribution is -2.63. The number of fused-ring (bicyclic) bond motifs is 9. The minimum absolute atomic E-state index is 0.0112. The van der Waals surface area contributed by atoms with Crippen LogP contribution in [0.2, 0.25) is 0 Å². The maximum atomic E-state index is 2.73. The van der Waals surface area contributed by atoms with Gasteiger partial charge in [0.05, 0.1) is 5.69 Å². The van der Waals surface area contributed by atoms with E-state index in [1.54, 1.807) is 0 Å². The van der Waals surface area contributed by atoms with E-state index < -0.39 is 0 Å². The van der Waals surface area contributed by atoms with E-state index in [-0.39, 0.29) is 17.7 Å². The van der Waals surface area contributed by atoms with Crippen molar-refractivity contribution in [2.75, 3.05) is 9.71 Å². The van der Waals surface area contributed by atoms with Gasteiger partial charge in [0.1, 0.15) is 0 Å². The maximum absolute atomic E-state index is 2.73. The highest BCUT2D eigenvalue weighted by molar-refractivity contribution is 6.93. The molecule has 0 aromatic heterocycles. The Hall–Kier alpha value is -5.80. The summed E-state index contributed by atoms with van der Waals surface area (Å²) in [6, 6.07) is 53.8. The molecule has 272 valence electrons. The van der Waals surface area contributed by atoms with Gasteiger partial charge in [-0.1, -0.05) is 150 Å². The van der Waals surface area contributed by atoms with Crippen LogP contribution in [-0.2, 0) is 17.3 Å². The third-order valence-corrected chi connectivity index (χ3v) is 13.6. The van der Waals surface area contributed by atoms with E-state index in [2.05, 4.69) is 191 Å². The van der Waals surface area contributed by atoms with Crippen LogP contribution in [0.3, 0.4) is 0 Å². The first-order chi connectivity index (χ1) is 27.2. The Kier molecular flexibility index (Phi) is 7.10. The van der Waals surface area contributed by atoms with E-state index in [1.165, 1.54) is 119 Å². The van der Waals surface area contributed by atoms with Gasteiger partial charge in [-0.2, -0.15) is 0 Å². The predicted octanol–water partition coefficient (Wildman–Crippen LogP) is 12.7. The van der Waals surface area contributed by atoms with Gasteiger partial charge >= 0.3 is 6.85 Å². The molecule has 0 bridgehead atoms. The minimum atomic E-state index is -0.142. The van der Waals surface area contributed by atoms with Crippen LogP contribution in [0, 0.1) is 6.92 Å². The Morgan fingerprint density at radius 3 is 2.05 bits per heavy atom. The normalized spacial score (nSPS) is 15.7. The number of para-hydroxylation sites is 2. The van der Waals surface area contributed by atoms with Crippen molar-refractivity contribution in [1.29, 1.82) is 0 Å². The molecule has 0 saturated heterocycles. The molecule has 4 aliphatic rings. The van der Waals surface area contributed by atoms with Gasteiger partial charge in [0.25, 0.3) is 0 Å². The number of nitrogens with zero attached hydrogens (tertiary/aromatic N) is 2. The lowest BCUT2D eigenvalue weighted by Gasteiger charge is -2.51. The summed E-state index contributed by atoms with van der Waals surface area (Å²) in [7, 11) is 0. The molecule has 7 aromatic carbocycles. The summed E-state index contributed by atoms with van der Waals surface area (Å²) in [4.78, 5) is 5.38. The smallest absolute Gasteiger partial charge is 0.333 e. The molecule has 0 fully saturated rings. The standard InChI is InChI=1S/C53H47BN2/c1-7-8-17-34-26-27-46(38(30-34)35-18-10-9-11-19-35)55-48-32-44-39(36-20-12-13-22-41(36)52(44,3)4)31-45(48)54-50-40(28-33(2)29-49(50)55)37-21-16-24-43-51(37)56(54)47-25-15-14-23-42(47)53(43,5)6/h9-16,18-32H,7-8,17H2,1-6H3. The second-order valence-corrected chi connectivity index (χ2v) is 17.6. The van der Waals surface area contributed by atoms with Crippen molar-refractivity contribution in [2.24, 2.45) is 0 Å². The van der Waals surface area contributed by atoms with E-state index in [1.807, 2.05) is 0 Å². The highest BCUT2D eigenvalue weighted by Gasteiger charge is 2.51. The largest absolute Gasteiger partial charge is 0.376 e. The zero-order valence-electron chi connectivity index (χ0n) is 33.4. The molecule has 0 spiro atoms. The van der Waals surface area contributed by atoms with Crippen molar-refractivity contribution >= 4 is 46.2 Å². The molecule has 3 heteroatoms. The van der Waals surface area contributed by atoms with E-state index in [4.69, 9.17) is 0 Å². The van der Waals surface area contributed by atoms with Crippen molar-refractivity contribution in [1.82, 2.24) is 0 Å². The van der Waals surface area contributed by atoms with Crippen molar-refractivity contribution in [3.8, 4) is 33.4 Å². The highest BCUT2D eigenvalue weighted by atomic mass is 15.2. The molecule has 0 amide bonds. The monoisotopic (exact) mass is 722 g/mol. The number of hydrogen-bond acceptors (Lipinski definition) is 2. The first-order valence-electron chi connectivity index (χ1n) is 20.6. The zero-order valence-corrected chi connectivity index (χ0v) is 33.4. The van der Waals surface area contributed by atoms with Crippen molar-refractivity contribution in [2.45, 2.75) is 71.6 Å². The average molecular weight is 723 g/mol. The summed E-state index contributed by atoms with van der Waals surface area (Å²) in [5, 5.41) is 0. The fraction of sp³-hybridized carbons (Fsp3) is 0.208. The van der Waals surface area contributed by atoms with Crippen LogP contribution in [0.25, 0.3) is 33.4 Å². The number of hydrogen-bond donors (Lipinski definition) is 0. The quantitative estimate of drug-likeness (QED) is 0.163. The van der Waals surface area contributed by atoms with Gasteiger partial charge < -0.3 is 9.71 Å². The molecular formula is C53H47BN2. The molecule has 0 atom stereocenters. The SMILES string of the molecule is CCCCc1ccc(N2c3cc4c(cc3B3c5c(cc(C)cc52)-c2cccc5c2N3c2ccccc2C5(C)C)-c2ccccc2C4(C)C)c(-c2ccccc2)c1. The molecule has 11 rings (SSSR count). The second kappa shape index (κ2) is 11.9. The van der Waals surface area contributed by atoms with Gasteiger partial charge in [0, 0.05) is 44.7 Å². The number of unbranched alkanes of at least 4 members (excludes halogenated alkanes) is 1. The summed E-state index contributed by atoms with van der Waals surface area (Å²) in [6.45, 7) is 14.2. The second-order valence-electron chi connectivity index (χ2n) is 17.6. The summed E-state index contributed by atoms with van der Waals surface area (Å²) < 4.78 is 0. The summed E-state index contributed by atoms with van der Waals surface area (Å²) in [5.41, 5.74) is 25.1. The molecule has 0 N–H and O–H groups in total. The lowest BCUT2D eigenvalue weighted by atomic mass is 9.42. The van der Waals surface area contributed by atoms with Crippen LogP contribution in [-0.4, -0.2) is 6.85 Å². The number of benzene rings is 7. The zero-order chi connectivity index (χ0) is 38.1. The van der Waals surface area contributed by atoms with Crippen molar-refractivity contribution in [3.63, 3.8) is 0 Å². The van der Waals surface area contributed by atoms with Crippen LogP contribution < -0.4 is 20.6 Å². The van der Waals surface area contributed by atoms with E-state index in [0.29, 0.717) is 0 Å². The van der Waals surface area contributed by atoms with E-state index >= 15 is 0 Å². The molecular weight excluding hydrogens is 675 g/mol. The number of aryl methyl sites for hydroxylation is 2. The molecule has 3 aliphatic heterocycles. The molecule has 3 heterocycles. The van der Waals surface area contributed by atoms with Crippen LogP contribution in [0.4, 0.5) is 28.4 Å². The third-order valence-electron chi connectivity index (χ3n) is 13.6. The number of anilines is 5. The van der Waals surface area contributed by atoms with E-state index in [0.717, 1.165) is 6.42 Å². The first kappa shape index (κ1) is 33.5. The van der Waals surface area contributed by atoms with Gasteiger partial charge in [-0.05, 0) is 117 Å². The Morgan fingerprint density at radius 2 is 1.23 bits per heavy atom. The first-order valence-corrected chi connectivity index (χ1v) is 20.6. The lowest BCUT2D eigenvalue weighted by molar-refractivity contribution is 0.634. The molecule has 7 aromatic rings. The fourth-order valence-corrected chi connectivity index (χ4v) is 10.9. The van der Waals surface area contributed by atoms with Crippen LogP contribution in [0.1, 0.15) is 80.8 Å². The van der Waals surface area contributed by atoms with Gasteiger partial charge in [-0.15, -0.1) is 0 Å². The van der Waals surface area contributed by atoms with E-state index in [9.17, 15) is 0 Å². The Labute approximate surface area is 332 Å². The number of rotatable bonds is 5. The molecule has 0 unspecified atom stereocenters. The Bertz CT molecular complexity index is 2770. The van der Waals surface area contributed by atoms with Gasteiger partial charge in [-0.3, -0.25) is 0 Å². The minimum Gasteiger partial charge on any atom is -0.376 e. The Morgan fingerprint density at radius 1 is 0.518 bits per heavy atom. The molecule has 2 nitrogen and oxygen atoms in total. The Balaban J connectivity index is 1.28. The summed E-state index contributed by atoms with van der Waals surface area (Å²) in [6.07, 6.45) is 3.45. The molecule has 1 aliphatic carbocycles. The highest BCUT2D eigenvalue weighted by Crippen LogP contribution is 2.57. The fourth-order valence-electron chi connectivity index (χ4n) is 10.9. The van der Waals surface area contributed by atoms with Gasteiger partial charge in [0.15, 0.2) is 0 Å². The molecule has 56 heavy (non-hydrogen) atoms. The van der Waals surface area contributed by atoms with Gasteiger partial charge in [-0.25, -0.2) is 0 Å².